The monoisotopic (exact) mass is 465 g/mol. The smallest absolute Gasteiger partial charge is 0.238 e. The van der Waals surface area contributed by atoms with Crippen LogP contribution in [0.5, 0.6) is 5.75 Å². The average molecular weight is 466 g/mol. The molecule has 1 amide bonds. The van der Waals surface area contributed by atoms with Gasteiger partial charge >= 0.3 is 0 Å². The van der Waals surface area contributed by atoms with Gasteiger partial charge in [0.1, 0.15) is 16.9 Å². The molecule has 0 aliphatic carbocycles. The fourth-order valence-corrected chi connectivity index (χ4v) is 6.11. The van der Waals surface area contributed by atoms with Gasteiger partial charge in [0.2, 0.25) is 5.91 Å². The molecule has 0 saturated carbocycles. The highest BCUT2D eigenvalue weighted by Gasteiger charge is 2.70. The minimum Gasteiger partial charge on any atom is -0.497 e. The molecular formula is C28H23N3O4. The van der Waals surface area contributed by atoms with Gasteiger partial charge < -0.3 is 15.0 Å². The number of methoxy groups -OCH3 is 1. The number of hydrogen-bond donors (Lipinski definition) is 1. The van der Waals surface area contributed by atoms with Crippen molar-refractivity contribution in [1.82, 2.24) is 4.98 Å². The van der Waals surface area contributed by atoms with E-state index in [9.17, 15) is 14.4 Å². The average Bonchev–Trinajstić information content (AvgIpc) is 3.36. The first kappa shape index (κ1) is 21.3. The van der Waals surface area contributed by atoms with Crippen molar-refractivity contribution in [2.24, 2.45) is 5.92 Å². The number of anilines is 2. The van der Waals surface area contributed by atoms with Crippen LogP contribution < -0.4 is 15.0 Å². The number of ether oxygens (including phenoxy) is 1. The van der Waals surface area contributed by atoms with E-state index < -0.39 is 23.4 Å². The SMILES string of the molecule is COc1ccc2c(c1)C=C[C@@H]1N2[C@H](C(C)=O)[C@@H](C(=O)c2ccccn2)[C@]12C(=O)Nc1ccccc12. The molecule has 0 unspecified atom stereocenters. The molecular weight excluding hydrogens is 442 g/mol. The lowest BCUT2D eigenvalue weighted by molar-refractivity contribution is -0.122. The number of aromatic nitrogens is 1. The summed E-state index contributed by atoms with van der Waals surface area (Å²) in [5, 5.41) is 3.00. The van der Waals surface area contributed by atoms with Crippen molar-refractivity contribution in [3.63, 3.8) is 0 Å². The molecule has 7 heteroatoms. The molecule has 1 fully saturated rings. The molecule has 0 radical (unpaired) electrons. The maximum absolute atomic E-state index is 14.2. The van der Waals surface area contributed by atoms with Gasteiger partial charge in [-0.15, -0.1) is 0 Å². The standard InChI is InChI=1S/C28H23N3O4/c1-16(32)25-24(26(33)21-9-5-6-14-29-21)28(19-7-3-4-8-20(19)30-27(28)34)23-13-10-17-15-18(35-2)11-12-22(17)31(23)25/h3-15,23-25H,1-2H3,(H,30,34)/t23-,24-,25+,28+/m0/s1. The van der Waals surface area contributed by atoms with Gasteiger partial charge in [-0.05, 0) is 48.9 Å². The van der Waals surface area contributed by atoms with Gasteiger partial charge in [0.25, 0.3) is 0 Å². The summed E-state index contributed by atoms with van der Waals surface area (Å²) in [4.78, 5) is 47.7. The van der Waals surface area contributed by atoms with Crippen molar-refractivity contribution in [3.8, 4) is 5.75 Å². The van der Waals surface area contributed by atoms with Crippen LogP contribution in [-0.4, -0.2) is 41.7 Å². The lowest BCUT2D eigenvalue weighted by Crippen LogP contribution is -2.51. The number of hydrogen-bond acceptors (Lipinski definition) is 6. The number of para-hydroxylation sites is 1. The Hall–Kier alpha value is -4.26. The first-order valence-corrected chi connectivity index (χ1v) is 11.5. The normalized spacial score (nSPS) is 25.6. The van der Waals surface area contributed by atoms with E-state index in [-0.39, 0.29) is 23.2 Å². The van der Waals surface area contributed by atoms with Crippen LogP contribution in [0.4, 0.5) is 11.4 Å². The quantitative estimate of drug-likeness (QED) is 0.592. The molecule has 0 bridgehead atoms. The third-order valence-electron chi connectivity index (χ3n) is 7.46. The zero-order valence-electron chi connectivity index (χ0n) is 19.3. The lowest BCUT2D eigenvalue weighted by Gasteiger charge is -2.37. The number of fused-ring (bicyclic) bond motifs is 6. The number of rotatable bonds is 4. The fourth-order valence-electron chi connectivity index (χ4n) is 6.11. The van der Waals surface area contributed by atoms with Gasteiger partial charge in [-0.3, -0.25) is 19.4 Å². The van der Waals surface area contributed by atoms with Crippen LogP contribution in [0, 0.1) is 5.92 Å². The summed E-state index contributed by atoms with van der Waals surface area (Å²) in [6.07, 6.45) is 5.43. The van der Waals surface area contributed by atoms with Crippen LogP contribution in [0.2, 0.25) is 0 Å². The van der Waals surface area contributed by atoms with Gasteiger partial charge in [0.15, 0.2) is 11.6 Å². The van der Waals surface area contributed by atoms with Crippen molar-refractivity contribution in [1.29, 1.82) is 0 Å². The Morgan fingerprint density at radius 2 is 1.89 bits per heavy atom. The number of carbonyl (C=O) groups excluding carboxylic acids is 3. The first-order valence-electron chi connectivity index (χ1n) is 11.5. The summed E-state index contributed by atoms with van der Waals surface area (Å²) >= 11 is 0. The number of Topliss-reactive ketones (excluding diaryl/α,β-unsaturated/α-hetero) is 2. The molecule has 1 saturated heterocycles. The molecule has 35 heavy (non-hydrogen) atoms. The van der Waals surface area contributed by atoms with Crippen molar-refractivity contribution in [3.05, 3.63) is 89.8 Å². The Morgan fingerprint density at radius 1 is 1.09 bits per heavy atom. The minimum atomic E-state index is -1.30. The molecule has 1 aromatic heterocycles. The molecule has 4 atom stereocenters. The number of nitrogens with zero attached hydrogens (tertiary/aromatic N) is 2. The zero-order valence-corrected chi connectivity index (χ0v) is 19.3. The topological polar surface area (TPSA) is 88.6 Å². The molecule has 2 aromatic carbocycles. The minimum absolute atomic E-state index is 0.185. The molecule has 1 N–H and O–H groups in total. The predicted octanol–water partition coefficient (Wildman–Crippen LogP) is 3.65. The number of amides is 1. The Labute approximate surface area is 202 Å². The third kappa shape index (κ3) is 2.78. The second-order valence-corrected chi connectivity index (χ2v) is 9.12. The van der Waals surface area contributed by atoms with E-state index in [1.807, 2.05) is 59.5 Å². The van der Waals surface area contributed by atoms with Crippen LogP contribution in [0.15, 0.2) is 72.9 Å². The zero-order chi connectivity index (χ0) is 24.3. The summed E-state index contributed by atoms with van der Waals surface area (Å²) in [7, 11) is 1.60. The number of pyridine rings is 1. The largest absolute Gasteiger partial charge is 0.497 e. The third-order valence-corrected chi connectivity index (χ3v) is 7.46. The molecule has 4 heterocycles. The Balaban J connectivity index is 1.65. The number of benzene rings is 2. The second-order valence-electron chi connectivity index (χ2n) is 9.12. The van der Waals surface area contributed by atoms with E-state index in [4.69, 9.17) is 4.74 Å². The molecule has 174 valence electrons. The van der Waals surface area contributed by atoms with Crippen LogP contribution >= 0.6 is 0 Å². The molecule has 1 spiro atoms. The van der Waals surface area contributed by atoms with Crippen LogP contribution in [-0.2, 0) is 15.0 Å². The van der Waals surface area contributed by atoms with E-state index >= 15 is 0 Å². The maximum Gasteiger partial charge on any atom is 0.238 e. The Morgan fingerprint density at radius 3 is 2.63 bits per heavy atom. The van der Waals surface area contributed by atoms with Gasteiger partial charge in [-0.2, -0.15) is 0 Å². The number of ketones is 2. The summed E-state index contributed by atoms with van der Waals surface area (Å²) < 4.78 is 5.39. The summed E-state index contributed by atoms with van der Waals surface area (Å²) in [5.74, 6) is -1.08. The highest BCUT2D eigenvalue weighted by Crippen LogP contribution is 2.57. The van der Waals surface area contributed by atoms with Crippen molar-refractivity contribution in [2.45, 2.75) is 24.4 Å². The van der Waals surface area contributed by atoms with E-state index in [1.54, 1.807) is 31.5 Å². The number of nitrogens with one attached hydrogen (secondary N) is 1. The summed E-state index contributed by atoms with van der Waals surface area (Å²) in [6.45, 7) is 1.49. The first-order chi connectivity index (χ1) is 17.0. The fraction of sp³-hybridized carbons (Fsp3) is 0.214. The van der Waals surface area contributed by atoms with Crippen LogP contribution in [0.1, 0.15) is 28.5 Å². The van der Waals surface area contributed by atoms with Gasteiger partial charge in [-0.25, -0.2) is 0 Å². The Bertz CT molecular complexity index is 1420. The summed E-state index contributed by atoms with van der Waals surface area (Å²) in [5.41, 5.74) is 1.97. The van der Waals surface area contributed by atoms with E-state index in [0.717, 1.165) is 16.8 Å². The van der Waals surface area contributed by atoms with E-state index in [2.05, 4.69) is 10.3 Å². The van der Waals surface area contributed by atoms with Crippen molar-refractivity contribution < 1.29 is 19.1 Å². The van der Waals surface area contributed by atoms with Crippen LogP contribution in [0.3, 0.4) is 0 Å². The lowest BCUT2D eigenvalue weighted by atomic mass is 9.64. The van der Waals surface area contributed by atoms with E-state index in [0.29, 0.717) is 11.4 Å². The van der Waals surface area contributed by atoms with Gasteiger partial charge in [-0.1, -0.05) is 36.4 Å². The molecule has 3 aliphatic heterocycles. The maximum atomic E-state index is 14.2. The number of carbonyl (C=O) groups is 3. The highest BCUT2D eigenvalue weighted by atomic mass is 16.5. The molecule has 6 rings (SSSR count). The van der Waals surface area contributed by atoms with Crippen molar-refractivity contribution in [2.75, 3.05) is 17.3 Å². The van der Waals surface area contributed by atoms with Crippen LogP contribution in [0.25, 0.3) is 6.08 Å². The predicted molar refractivity (Wildman–Crippen MR) is 132 cm³/mol. The molecule has 3 aromatic rings. The molecule has 7 nitrogen and oxygen atoms in total. The van der Waals surface area contributed by atoms with Gasteiger partial charge in [0, 0.05) is 23.1 Å². The molecule has 3 aliphatic rings. The van der Waals surface area contributed by atoms with E-state index in [1.165, 1.54) is 6.92 Å². The van der Waals surface area contributed by atoms with Crippen molar-refractivity contribution >= 4 is 34.9 Å². The summed E-state index contributed by atoms with van der Waals surface area (Å²) in [6, 6.07) is 16.7. The van der Waals surface area contributed by atoms with Gasteiger partial charge in [0.05, 0.1) is 25.1 Å². The Kier molecular flexibility index (Phi) is 4.64. The second kappa shape index (κ2) is 7.63. The highest BCUT2D eigenvalue weighted by molar-refractivity contribution is 6.16.